The van der Waals surface area contributed by atoms with E-state index in [2.05, 4.69) is 29.2 Å². The summed E-state index contributed by atoms with van der Waals surface area (Å²) in [6, 6.07) is 5.67. The summed E-state index contributed by atoms with van der Waals surface area (Å²) in [6.07, 6.45) is -4.43. The molecule has 25 heavy (non-hydrogen) atoms. The first-order valence-electron chi connectivity index (χ1n) is 8.02. The molecule has 1 heterocycles. The van der Waals surface area contributed by atoms with Gasteiger partial charge in [-0.25, -0.2) is 0 Å². The number of halogens is 3. The number of rotatable bonds is 6. The molecule has 2 rings (SSSR count). The molecular weight excluding hydrogens is 337 g/mol. The Hall–Kier alpha value is -2.09. The van der Waals surface area contributed by atoms with Crippen LogP contribution >= 0.6 is 0 Å². The van der Waals surface area contributed by atoms with Crippen LogP contribution in [0.2, 0.25) is 0 Å². The van der Waals surface area contributed by atoms with Crippen molar-refractivity contribution >= 4 is 11.8 Å². The molecule has 0 radical (unpaired) electrons. The zero-order chi connectivity index (χ0) is 18.6. The van der Waals surface area contributed by atoms with Gasteiger partial charge < -0.3 is 15.4 Å². The summed E-state index contributed by atoms with van der Waals surface area (Å²) in [6.45, 7) is 2.46. The fourth-order valence-electron chi connectivity index (χ4n) is 2.53. The summed E-state index contributed by atoms with van der Waals surface area (Å²) in [5.41, 5.74) is 1.77. The number of piperazine rings is 1. The molecule has 0 spiro atoms. The van der Waals surface area contributed by atoms with Crippen molar-refractivity contribution in [3.8, 4) is 0 Å². The average molecular weight is 358 g/mol. The van der Waals surface area contributed by atoms with Crippen LogP contribution in [0.15, 0.2) is 24.3 Å². The van der Waals surface area contributed by atoms with E-state index in [1.54, 1.807) is 12.1 Å². The maximum absolute atomic E-state index is 12.2. The molecule has 8 heteroatoms. The zero-order valence-electron chi connectivity index (χ0n) is 14.0. The fraction of sp³-hybridized carbons (Fsp3) is 0.529. The molecule has 1 aromatic carbocycles. The Balaban J connectivity index is 1.91. The predicted octanol–water partition coefficient (Wildman–Crippen LogP) is 2.43. The van der Waals surface area contributed by atoms with E-state index in [0.717, 1.165) is 5.56 Å². The number of nitrogens with one attached hydrogen (secondary N) is 2. The third-order valence-electron chi connectivity index (χ3n) is 3.93. The van der Waals surface area contributed by atoms with E-state index in [1.807, 2.05) is 12.1 Å². The van der Waals surface area contributed by atoms with Gasteiger partial charge in [-0.3, -0.25) is 9.59 Å². The molecule has 2 amide bonds. The number of ether oxygens (including phenoxy) is 1. The van der Waals surface area contributed by atoms with E-state index in [1.165, 1.54) is 0 Å². The molecule has 138 valence electrons. The third kappa shape index (κ3) is 5.45. The molecule has 1 aliphatic heterocycles. The Morgan fingerprint density at radius 1 is 1.08 bits per heavy atom. The number of benzene rings is 1. The van der Waals surface area contributed by atoms with E-state index in [-0.39, 0.29) is 13.0 Å². The standard InChI is InChI=1S/C17H21F3N2O3/c1-10(2)11-3-5-12(6-4-11)14-16(24)21-13(15(23)22-14)7-8-25-9-17(18,19)20/h3-6,10,13-14H,7-9H2,1-2H3,(H,21,24)(H,22,23). The molecule has 0 bridgehead atoms. The summed E-state index contributed by atoms with van der Waals surface area (Å²) < 4.78 is 40.5. The number of carbonyl (C=O) groups excluding carboxylic acids is 2. The molecule has 0 saturated carbocycles. The van der Waals surface area contributed by atoms with Crippen LogP contribution in [-0.2, 0) is 14.3 Å². The van der Waals surface area contributed by atoms with Crippen LogP contribution in [0.4, 0.5) is 13.2 Å². The number of amides is 2. The van der Waals surface area contributed by atoms with Crippen molar-refractivity contribution in [2.45, 2.75) is 44.4 Å². The van der Waals surface area contributed by atoms with Gasteiger partial charge in [0, 0.05) is 6.61 Å². The molecule has 2 N–H and O–H groups in total. The van der Waals surface area contributed by atoms with Gasteiger partial charge in [0.1, 0.15) is 18.7 Å². The average Bonchev–Trinajstić information content (AvgIpc) is 2.53. The van der Waals surface area contributed by atoms with E-state index in [4.69, 9.17) is 0 Å². The lowest BCUT2D eigenvalue weighted by molar-refractivity contribution is -0.174. The maximum Gasteiger partial charge on any atom is 0.411 e. The van der Waals surface area contributed by atoms with E-state index >= 15 is 0 Å². The highest BCUT2D eigenvalue weighted by molar-refractivity contribution is 5.97. The van der Waals surface area contributed by atoms with Crippen molar-refractivity contribution in [1.29, 1.82) is 0 Å². The normalized spacial score (nSPS) is 21.2. The second-order valence-corrected chi connectivity index (χ2v) is 6.28. The van der Waals surface area contributed by atoms with Gasteiger partial charge in [0.25, 0.3) is 0 Å². The summed E-state index contributed by atoms with van der Waals surface area (Å²) in [7, 11) is 0. The molecule has 1 aromatic rings. The van der Waals surface area contributed by atoms with Gasteiger partial charge in [0.05, 0.1) is 0 Å². The Morgan fingerprint density at radius 2 is 1.72 bits per heavy atom. The second-order valence-electron chi connectivity index (χ2n) is 6.28. The first-order chi connectivity index (χ1) is 11.7. The summed E-state index contributed by atoms with van der Waals surface area (Å²) >= 11 is 0. The fourth-order valence-corrected chi connectivity index (χ4v) is 2.53. The minimum Gasteiger partial charge on any atom is -0.372 e. The Labute approximate surface area is 143 Å². The monoisotopic (exact) mass is 358 g/mol. The number of alkyl halides is 3. The smallest absolute Gasteiger partial charge is 0.372 e. The number of hydrogen-bond donors (Lipinski definition) is 2. The number of hydrogen-bond acceptors (Lipinski definition) is 3. The first kappa shape index (κ1) is 19.2. The molecular formula is C17H21F3N2O3. The maximum atomic E-state index is 12.2. The van der Waals surface area contributed by atoms with Gasteiger partial charge in [-0.15, -0.1) is 0 Å². The Morgan fingerprint density at radius 3 is 2.28 bits per heavy atom. The lowest BCUT2D eigenvalue weighted by Crippen LogP contribution is -2.57. The molecule has 2 unspecified atom stereocenters. The minimum absolute atomic E-state index is 0.0212. The van der Waals surface area contributed by atoms with E-state index in [0.29, 0.717) is 11.5 Å². The minimum atomic E-state index is -4.41. The van der Waals surface area contributed by atoms with Gasteiger partial charge in [-0.2, -0.15) is 13.2 Å². The Bertz CT molecular complexity index is 615. The Kier molecular flexibility index (Phi) is 6.05. The molecule has 1 saturated heterocycles. The van der Waals surface area contributed by atoms with Gasteiger partial charge in [0.15, 0.2) is 0 Å². The summed E-state index contributed by atoms with van der Waals surface area (Å²) in [5, 5.41) is 5.15. The lowest BCUT2D eigenvalue weighted by Gasteiger charge is -2.30. The van der Waals surface area contributed by atoms with Crippen LogP contribution in [0.25, 0.3) is 0 Å². The molecule has 1 fully saturated rings. The van der Waals surface area contributed by atoms with Crippen LogP contribution in [-0.4, -0.2) is 37.2 Å². The van der Waals surface area contributed by atoms with E-state index < -0.39 is 36.7 Å². The quantitative estimate of drug-likeness (QED) is 0.768. The van der Waals surface area contributed by atoms with Crippen LogP contribution in [0.3, 0.4) is 0 Å². The van der Waals surface area contributed by atoms with Gasteiger partial charge in [0.2, 0.25) is 11.8 Å². The van der Waals surface area contributed by atoms with Crippen molar-refractivity contribution in [2.24, 2.45) is 0 Å². The molecule has 5 nitrogen and oxygen atoms in total. The molecule has 0 aromatic heterocycles. The highest BCUT2D eigenvalue weighted by Crippen LogP contribution is 2.21. The van der Waals surface area contributed by atoms with Crippen LogP contribution in [0.1, 0.15) is 43.4 Å². The van der Waals surface area contributed by atoms with Crippen molar-refractivity contribution in [3.63, 3.8) is 0 Å². The highest BCUT2D eigenvalue weighted by Gasteiger charge is 2.34. The van der Waals surface area contributed by atoms with Crippen LogP contribution < -0.4 is 10.6 Å². The first-order valence-corrected chi connectivity index (χ1v) is 8.02. The lowest BCUT2D eigenvalue weighted by atomic mass is 9.97. The van der Waals surface area contributed by atoms with Gasteiger partial charge in [-0.05, 0) is 23.5 Å². The predicted molar refractivity (Wildman–Crippen MR) is 84.8 cm³/mol. The molecule has 1 aliphatic rings. The summed E-state index contributed by atoms with van der Waals surface area (Å²) in [5.74, 6) is -0.476. The van der Waals surface area contributed by atoms with Crippen molar-refractivity contribution in [2.75, 3.05) is 13.2 Å². The van der Waals surface area contributed by atoms with Crippen molar-refractivity contribution < 1.29 is 27.5 Å². The third-order valence-corrected chi connectivity index (χ3v) is 3.93. The largest absolute Gasteiger partial charge is 0.411 e. The van der Waals surface area contributed by atoms with Crippen LogP contribution in [0.5, 0.6) is 0 Å². The number of carbonyl (C=O) groups is 2. The highest BCUT2D eigenvalue weighted by atomic mass is 19.4. The van der Waals surface area contributed by atoms with Crippen LogP contribution in [0, 0.1) is 0 Å². The summed E-state index contributed by atoms with van der Waals surface area (Å²) in [4.78, 5) is 24.3. The van der Waals surface area contributed by atoms with Gasteiger partial charge in [-0.1, -0.05) is 38.1 Å². The van der Waals surface area contributed by atoms with E-state index in [9.17, 15) is 22.8 Å². The molecule has 0 aliphatic carbocycles. The van der Waals surface area contributed by atoms with Gasteiger partial charge >= 0.3 is 6.18 Å². The van der Waals surface area contributed by atoms with Crippen molar-refractivity contribution in [3.05, 3.63) is 35.4 Å². The second kappa shape index (κ2) is 7.86. The topological polar surface area (TPSA) is 67.4 Å². The molecule has 2 atom stereocenters. The SMILES string of the molecule is CC(C)c1ccc(C2NC(=O)C(CCOCC(F)(F)F)NC2=O)cc1. The van der Waals surface area contributed by atoms with Crippen molar-refractivity contribution in [1.82, 2.24) is 10.6 Å². The zero-order valence-corrected chi connectivity index (χ0v) is 14.0.